The van der Waals surface area contributed by atoms with Crippen LogP contribution >= 0.6 is 0 Å². The van der Waals surface area contributed by atoms with E-state index in [9.17, 15) is 9.59 Å². The molecule has 0 aliphatic rings. The van der Waals surface area contributed by atoms with Gasteiger partial charge < -0.3 is 10.6 Å². The summed E-state index contributed by atoms with van der Waals surface area (Å²) >= 11 is 0. The molecule has 0 aliphatic carbocycles. The van der Waals surface area contributed by atoms with Gasteiger partial charge in [-0.3, -0.25) is 9.59 Å². The number of benzene rings is 2. The van der Waals surface area contributed by atoms with E-state index >= 15 is 0 Å². The number of amides is 2. The van der Waals surface area contributed by atoms with Gasteiger partial charge >= 0.3 is 0 Å². The normalized spacial score (nSPS) is 10.3. The number of rotatable bonds is 5. The highest BCUT2D eigenvalue weighted by molar-refractivity contribution is 6.10. The van der Waals surface area contributed by atoms with Crippen molar-refractivity contribution < 1.29 is 9.59 Å². The van der Waals surface area contributed by atoms with Crippen LogP contribution < -0.4 is 10.6 Å². The molecule has 2 aromatic carbocycles. The number of anilines is 2. The van der Waals surface area contributed by atoms with Gasteiger partial charge in [0.25, 0.3) is 5.91 Å². The molecule has 0 fully saturated rings. The van der Waals surface area contributed by atoms with Crippen molar-refractivity contribution in [2.75, 3.05) is 10.6 Å². The second-order valence-corrected chi connectivity index (χ2v) is 5.52. The zero-order chi connectivity index (χ0) is 17.6. The minimum Gasteiger partial charge on any atom is -0.324 e. The first kappa shape index (κ1) is 16.4. The van der Waals surface area contributed by atoms with Crippen molar-refractivity contribution in [3.8, 4) is 0 Å². The van der Waals surface area contributed by atoms with Gasteiger partial charge in [0.05, 0.1) is 17.4 Å². The van der Waals surface area contributed by atoms with Crippen molar-refractivity contribution in [1.29, 1.82) is 0 Å². The van der Waals surface area contributed by atoms with E-state index < -0.39 is 0 Å². The number of carbonyl (C=O) groups excluding carboxylic acids is 2. The summed E-state index contributed by atoms with van der Waals surface area (Å²) in [4.78, 5) is 24.7. The van der Waals surface area contributed by atoms with Gasteiger partial charge in [-0.15, -0.1) is 5.10 Å². The smallest absolute Gasteiger partial charge is 0.257 e. The number of para-hydroxylation sites is 1. The van der Waals surface area contributed by atoms with Gasteiger partial charge in [-0.1, -0.05) is 29.5 Å². The van der Waals surface area contributed by atoms with E-state index in [0.29, 0.717) is 16.9 Å². The second-order valence-electron chi connectivity index (χ2n) is 5.52. The molecule has 3 aromatic rings. The van der Waals surface area contributed by atoms with Crippen LogP contribution in [-0.4, -0.2) is 26.8 Å². The SMILES string of the molecule is Cc1cccc(NC(=O)c2ccccc2NC(=O)Cn2ccnn2)c1. The highest BCUT2D eigenvalue weighted by Gasteiger charge is 2.13. The highest BCUT2D eigenvalue weighted by Crippen LogP contribution is 2.18. The summed E-state index contributed by atoms with van der Waals surface area (Å²) in [6.45, 7) is 1.97. The quantitative estimate of drug-likeness (QED) is 0.750. The molecular weight excluding hydrogens is 318 g/mol. The summed E-state index contributed by atoms with van der Waals surface area (Å²) in [7, 11) is 0. The Bertz CT molecular complexity index is 890. The van der Waals surface area contributed by atoms with Crippen LogP contribution in [0.25, 0.3) is 0 Å². The number of aryl methyl sites for hydroxylation is 1. The Morgan fingerprint density at radius 2 is 1.92 bits per heavy atom. The molecule has 0 bridgehead atoms. The van der Waals surface area contributed by atoms with Gasteiger partial charge in [0.15, 0.2) is 0 Å². The standard InChI is InChI=1S/C18H17N5O2/c1-13-5-4-6-14(11-13)20-18(25)15-7-2-3-8-16(15)21-17(24)12-23-10-9-19-22-23/h2-11H,12H2,1H3,(H,20,25)(H,21,24). The molecule has 0 aliphatic heterocycles. The lowest BCUT2D eigenvalue weighted by Gasteiger charge is -2.11. The predicted octanol–water partition coefficient (Wildman–Crippen LogP) is 2.48. The second kappa shape index (κ2) is 7.39. The average molecular weight is 335 g/mol. The van der Waals surface area contributed by atoms with E-state index in [2.05, 4.69) is 20.9 Å². The first-order chi connectivity index (χ1) is 12.1. The number of aromatic nitrogens is 3. The molecule has 2 amide bonds. The third-order valence-corrected chi connectivity index (χ3v) is 3.50. The minimum atomic E-state index is -0.290. The van der Waals surface area contributed by atoms with E-state index in [1.165, 1.54) is 10.9 Å². The Balaban J connectivity index is 1.73. The van der Waals surface area contributed by atoms with Gasteiger partial charge in [-0.25, -0.2) is 4.68 Å². The van der Waals surface area contributed by atoms with Crippen LogP contribution in [0, 0.1) is 6.92 Å². The molecule has 0 atom stereocenters. The topological polar surface area (TPSA) is 88.9 Å². The Morgan fingerprint density at radius 1 is 1.08 bits per heavy atom. The van der Waals surface area contributed by atoms with E-state index in [4.69, 9.17) is 0 Å². The Hall–Kier alpha value is -3.48. The maximum absolute atomic E-state index is 12.6. The zero-order valence-electron chi connectivity index (χ0n) is 13.6. The van der Waals surface area contributed by atoms with E-state index in [1.54, 1.807) is 30.5 Å². The highest BCUT2D eigenvalue weighted by atomic mass is 16.2. The first-order valence-corrected chi connectivity index (χ1v) is 7.73. The van der Waals surface area contributed by atoms with E-state index in [0.717, 1.165) is 5.56 Å². The van der Waals surface area contributed by atoms with Gasteiger partial charge in [-0.2, -0.15) is 0 Å². The van der Waals surface area contributed by atoms with Crippen molar-refractivity contribution >= 4 is 23.2 Å². The molecule has 0 saturated heterocycles. The fourth-order valence-corrected chi connectivity index (χ4v) is 2.37. The summed E-state index contributed by atoms with van der Waals surface area (Å²) in [6, 6.07) is 14.4. The van der Waals surface area contributed by atoms with Gasteiger partial charge in [-0.05, 0) is 36.8 Å². The third kappa shape index (κ3) is 4.29. The molecule has 25 heavy (non-hydrogen) atoms. The largest absolute Gasteiger partial charge is 0.324 e. The van der Waals surface area contributed by atoms with Gasteiger partial charge in [0.2, 0.25) is 5.91 Å². The number of carbonyl (C=O) groups is 2. The molecule has 126 valence electrons. The van der Waals surface area contributed by atoms with E-state index in [-0.39, 0.29) is 18.4 Å². The molecule has 0 saturated carbocycles. The fourth-order valence-electron chi connectivity index (χ4n) is 2.37. The lowest BCUT2D eigenvalue weighted by Crippen LogP contribution is -2.22. The third-order valence-electron chi connectivity index (χ3n) is 3.50. The summed E-state index contributed by atoms with van der Waals surface area (Å²) in [5, 5.41) is 13.0. The van der Waals surface area contributed by atoms with Crippen molar-refractivity contribution in [3.63, 3.8) is 0 Å². The molecule has 2 N–H and O–H groups in total. The molecule has 0 unspecified atom stereocenters. The Morgan fingerprint density at radius 3 is 2.68 bits per heavy atom. The predicted molar refractivity (Wildman–Crippen MR) is 94.2 cm³/mol. The van der Waals surface area contributed by atoms with Crippen molar-refractivity contribution in [2.45, 2.75) is 13.5 Å². The number of hydrogen-bond acceptors (Lipinski definition) is 4. The van der Waals surface area contributed by atoms with Crippen LogP contribution in [-0.2, 0) is 11.3 Å². The number of nitrogens with one attached hydrogen (secondary N) is 2. The van der Waals surface area contributed by atoms with Crippen molar-refractivity contribution in [1.82, 2.24) is 15.0 Å². The number of nitrogens with zero attached hydrogens (tertiary/aromatic N) is 3. The number of hydrogen-bond donors (Lipinski definition) is 2. The lowest BCUT2D eigenvalue weighted by atomic mass is 10.1. The Kier molecular flexibility index (Phi) is 4.84. The minimum absolute atomic E-state index is 0.0217. The van der Waals surface area contributed by atoms with Crippen LogP contribution in [0.4, 0.5) is 11.4 Å². The molecular formula is C18H17N5O2. The van der Waals surface area contributed by atoms with E-state index in [1.807, 2.05) is 31.2 Å². The van der Waals surface area contributed by atoms with Crippen LogP contribution in [0.3, 0.4) is 0 Å². The molecule has 1 aromatic heterocycles. The molecule has 7 heteroatoms. The molecule has 7 nitrogen and oxygen atoms in total. The Labute approximate surface area is 144 Å². The maximum Gasteiger partial charge on any atom is 0.257 e. The van der Waals surface area contributed by atoms with Crippen molar-refractivity contribution in [2.24, 2.45) is 0 Å². The van der Waals surface area contributed by atoms with Gasteiger partial charge in [0, 0.05) is 11.9 Å². The van der Waals surface area contributed by atoms with Crippen molar-refractivity contribution in [3.05, 3.63) is 72.1 Å². The van der Waals surface area contributed by atoms with Crippen LogP contribution in [0.5, 0.6) is 0 Å². The monoisotopic (exact) mass is 335 g/mol. The first-order valence-electron chi connectivity index (χ1n) is 7.73. The molecule has 1 heterocycles. The zero-order valence-corrected chi connectivity index (χ0v) is 13.6. The van der Waals surface area contributed by atoms with Crippen LogP contribution in [0.2, 0.25) is 0 Å². The fraction of sp³-hybridized carbons (Fsp3) is 0.111. The average Bonchev–Trinajstić information content (AvgIpc) is 3.08. The molecule has 0 spiro atoms. The van der Waals surface area contributed by atoms with Crippen LogP contribution in [0.15, 0.2) is 60.9 Å². The van der Waals surface area contributed by atoms with Gasteiger partial charge in [0.1, 0.15) is 6.54 Å². The summed E-state index contributed by atoms with van der Waals surface area (Å²) in [5.74, 6) is -0.580. The molecule has 0 radical (unpaired) electrons. The molecule has 3 rings (SSSR count). The summed E-state index contributed by atoms with van der Waals surface area (Å²) < 4.78 is 1.41. The lowest BCUT2D eigenvalue weighted by molar-refractivity contribution is -0.116. The summed E-state index contributed by atoms with van der Waals surface area (Å²) in [6.07, 6.45) is 3.09. The van der Waals surface area contributed by atoms with Crippen LogP contribution in [0.1, 0.15) is 15.9 Å². The summed E-state index contributed by atoms with van der Waals surface area (Å²) in [5.41, 5.74) is 2.58. The maximum atomic E-state index is 12.6.